The van der Waals surface area contributed by atoms with Gasteiger partial charge in [-0.1, -0.05) is 51.7 Å². The molecule has 0 unspecified atom stereocenters. The van der Waals surface area contributed by atoms with Crippen LogP contribution in [0.2, 0.25) is 0 Å². The molecular formula is C27H36N2O4. The molecule has 1 heterocycles. The van der Waals surface area contributed by atoms with E-state index in [1.54, 1.807) is 30.3 Å². The van der Waals surface area contributed by atoms with Crippen molar-refractivity contribution in [3.8, 4) is 0 Å². The molecule has 0 saturated carbocycles. The number of benzene rings is 1. The summed E-state index contributed by atoms with van der Waals surface area (Å²) in [7, 11) is 0. The second-order valence-corrected chi connectivity index (χ2v) is 8.74. The average molecular weight is 453 g/mol. The first kappa shape index (κ1) is 24.7. The number of esters is 1. The van der Waals surface area contributed by atoms with E-state index in [1.807, 2.05) is 11.5 Å². The third-order valence-corrected chi connectivity index (χ3v) is 6.21. The number of ether oxygens (including phenoxy) is 1. The molecule has 33 heavy (non-hydrogen) atoms. The van der Waals surface area contributed by atoms with Crippen molar-refractivity contribution >= 4 is 17.6 Å². The lowest BCUT2D eigenvalue weighted by molar-refractivity contribution is 0.0501. The number of carbonyl (C=O) groups is 2. The number of anilines is 1. The minimum absolute atomic E-state index is 0.138. The minimum Gasteiger partial charge on any atom is -0.462 e. The zero-order chi connectivity index (χ0) is 23.6. The molecule has 1 aliphatic rings. The van der Waals surface area contributed by atoms with Crippen molar-refractivity contribution in [3.05, 3.63) is 63.1 Å². The number of para-hydroxylation sites is 1. The Labute approximate surface area is 196 Å². The fraction of sp³-hybridized carbons (Fsp3) is 0.519. The SMILES string of the molecule is CCCCOC(=O)c1ccccc1NC(=O)c1cc2c(n(CCCC)c1=O)CCCCCC2. The second-order valence-electron chi connectivity index (χ2n) is 8.74. The first-order chi connectivity index (χ1) is 16.1. The Hall–Kier alpha value is -2.89. The zero-order valence-corrected chi connectivity index (χ0v) is 20.0. The van der Waals surface area contributed by atoms with Crippen molar-refractivity contribution in [2.24, 2.45) is 0 Å². The van der Waals surface area contributed by atoms with E-state index in [0.29, 0.717) is 24.4 Å². The summed E-state index contributed by atoms with van der Waals surface area (Å²) in [5, 5.41) is 2.80. The Bertz CT molecular complexity index is 1030. The van der Waals surface area contributed by atoms with Gasteiger partial charge in [-0.25, -0.2) is 4.79 Å². The Morgan fingerprint density at radius 2 is 1.70 bits per heavy atom. The van der Waals surface area contributed by atoms with E-state index < -0.39 is 11.9 Å². The third-order valence-electron chi connectivity index (χ3n) is 6.21. The number of unbranched alkanes of at least 4 members (excludes halogenated alkanes) is 2. The lowest BCUT2D eigenvalue weighted by Gasteiger charge is -2.21. The van der Waals surface area contributed by atoms with Gasteiger partial charge in [-0.2, -0.15) is 0 Å². The molecule has 178 valence electrons. The fourth-order valence-corrected chi connectivity index (χ4v) is 4.30. The van der Waals surface area contributed by atoms with Crippen LogP contribution in [-0.4, -0.2) is 23.1 Å². The van der Waals surface area contributed by atoms with Gasteiger partial charge in [0.1, 0.15) is 5.56 Å². The van der Waals surface area contributed by atoms with Gasteiger partial charge in [0.2, 0.25) is 0 Å². The highest BCUT2D eigenvalue weighted by molar-refractivity contribution is 6.07. The van der Waals surface area contributed by atoms with Crippen LogP contribution in [0.5, 0.6) is 0 Å². The largest absolute Gasteiger partial charge is 0.462 e. The summed E-state index contributed by atoms with van der Waals surface area (Å²) in [5.41, 5.74) is 2.73. The van der Waals surface area contributed by atoms with Gasteiger partial charge in [0.25, 0.3) is 11.5 Å². The molecule has 1 aromatic carbocycles. The summed E-state index contributed by atoms with van der Waals surface area (Å²) in [6.07, 6.45) is 9.81. The highest BCUT2D eigenvalue weighted by Crippen LogP contribution is 2.22. The number of aromatic nitrogens is 1. The van der Waals surface area contributed by atoms with Crippen LogP contribution in [0.1, 0.15) is 97.2 Å². The molecular weight excluding hydrogens is 416 g/mol. The standard InChI is InChI=1S/C27H36N2O4/c1-3-5-17-29-24-16-10-8-7-9-13-20(24)19-22(26(29)31)25(30)28-23-15-12-11-14-21(23)27(32)33-18-6-4-2/h11-12,14-15,19H,3-10,13,16-18H2,1-2H3,(H,28,30). The molecule has 0 radical (unpaired) electrons. The van der Waals surface area contributed by atoms with Crippen molar-refractivity contribution in [2.75, 3.05) is 11.9 Å². The van der Waals surface area contributed by atoms with E-state index in [1.165, 1.54) is 12.8 Å². The van der Waals surface area contributed by atoms with Crippen LogP contribution in [0.3, 0.4) is 0 Å². The number of nitrogens with one attached hydrogen (secondary N) is 1. The maximum atomic E-state index is 13.4. The molecule has 0 spiro atoms. The molecule has 0 fully saturated rings. The van der Waals surface area contributed by atoms with Crippen LogP contribution >= 0.6 is 0 Å². The summed E-state index contributed by atoms with van der Waals surface area (Å²) in [5.74, 6) is -0.957. The maximum Gasteiger partial charge on any atom is 0.340 e. The van der Waals surface area contributed by atoms with E-state index in [0.717, 1.165) is 62.6 Å². The predicted octanol–water partition coefficient (Wildman–Crippen LogP) is 5.52. The summed E-state index contributed by atoms with van der Waals surface area (Å²) in [4.78, 5) is 39.2. The van der Waals surface area contributed by atoms with Gasteiger partial charge in [-0.3, -0.25) is 9.59 Å². The molecule has 0 saturated heterocycles. The first-order valence-corrected chi connectivity index (χ1v) is 12.4. The summed E-state index contributed by atoms with van der Waals surface area (Å²) < 4.78 is 7.15. The van der Waals surface area contributed by atoms with Crippen LogP contribution < -0.4 is 10.9 Å². The van der Waals surface area contributed by atoms with Crippen LogP contribution in [0, 0.1) is 0 Å². The Kier molecular flexibility index (Phi) is 9.28. The molecule has 3 rings (SSSR count). The highest BCUT2D eigenvalue weighted by atomic mass is 16.5. The Morgan fingerprint density at radius 3 is 2.45 bits per heavy atom. The van der Waals surface area contributed by atoms with E-state index >= 15 is 0 Å². The van der Waals surface area contributed by atoms with Crippen LogP contribution in [0.15, 0.2) is 35.1 Å². The lowest BCUT2D eigenvalue weighted by atomic mass is 9.95. The molecule has 1 aliphatic carbocycles. The van der Waals surface area contributed by atoms with Crippen molar-refractivity contribution in [1.29, 1.82) is 0 Å². The molecule has 1 amide bonds. The zero-order valence-electron chi connectivity index (χ0n) is 20.0. The van der Waals surface area contributed by atoms with Crippen LogP contribution in [-0.2, 0) is 24.1 Å². The number of amides is 1. The minimum atomic E-state index is -0.482. The van der Waals surface area contributed by atoms with Gasteiger partial charge in [0.05, 0.1) is 17.9 Å². The van der Waals surface area contributed by atoms with E-state index in [9.17, 15) is 14.4 Å². The summed E-state index contributed by atoms with van der Waals surface area (Å²) >= 11 is 0. The number of hydrogen-bond acceptors (Lipinski definition) is 4. The highest BCUT2D eigenvalue weighted by Gasteiger charge is 2.22. The van der Waals surface area contributed by atoms with Gasteiger partial charge in [-0.05, 0) is 62.3 Å². The molecule has 2 aromatic rings. The van der Waals surface area contributed by atoms with Gasteiger partial charge in [-0.15, -0.1) is 0 Å². The maximum absolute atomic E-state index is 13.4. The van der Waals surface area contributed by atoms with Gasteiger partial charge in [0, 0.05) is 12.2 Å². The van der Waals surface area contributed by atoms with Crippen molar-refractivity contribution in [2.45, 2.75) is 84.6 Å². The topological polar surface area (TPSA) is 77.4 Å². The number of nitrogens with zero attached hydrogens (tertiary/aromatic N) is 1. The third kappa shape index (κ3) is 6.34. The molecule has 0 aliphatic heterocycles. The predicted molar refractivity (Wildman–Crippen MR) is 131 cm³/mol. The van der Waals surface area contributed by atoms with E-state index in [4.69, 9.17) is 4.74 Å². The molecule has 0 atom stereocenters. The summed E-state index contributed by atoms with van der Waals surface area (Å²) in [6.45, 7) is 5.09. The molecule has 6 nitrogen and oxygen atoms in total. The Balaban J connectivity index is 1.92. The number of fused-ring (bicyclic) bond motifs is 1. The van der Waals surface area contributed by atoms with Gasteiger partial charge < -0.3 is 14.6 Å². The molecule has 6 heteroatoms. The average Bonchev–Trinajstić information content (AvgIpc) is 2.79. The number of hydrogen-bond donors (Lipinski definition) is 1. The number of rotatable bonds is 9. The smallest absolute Gasteiger partial charge is 0.340 e. The summed E-state index contributed by atoms with van der Waals surface area (Å²) in [6, 6.07) is 8.55. The van der Waals surface area contributed by atoms with Crippen LogP contribution in [0.25, 0.3) is 0 Å². The monoisotopic (exact) mass is 452 g/mol. The van der Waals surface area contributed by atoms with E-state index in [-0.39, 0.29) is 11.1 Å². The van der Waals surface area contributed by atoms with Crippen molar-refractivity contribution in [1.82, 2.24) is 4.57 Å². The van der Waals surface area contributed by atoms with Crippen LogP contribution in [0.4, 0.5) is 5.69 Å². The molecule has 1 N–H and O–H groups in total. The van der Waals surface area contributed by atoms with Gasteiger partial charge >= 0.3 is 5.97 Å². The molecule has 0 bridgehead atoms. The van der Waals surface area contributed by atoms with Crippen molar-refractivity contribution < 1.29 is 14.3 Å². The van der Waals surface area contributed by atoms with Gasteiger partial charge in [0.15, 0.2) is 0 Å². The lowest BCUT2D eigenvalue weighted by Crippen LogP contribution is -2.33. The number of carbonyl (C=O) groups excluding carboxylic acids is 2. The number of aryl methyl sites for hydroxylation is 1. The quantitative estimate of drug-likeness (QED) is 0.402. The Morgan fingerprint density at radius 1 is 0.970 bits per heavy atom. The van der Waals surface area contributed by atoms with E-state index in [2.05, 4.69) is 12.2 Å². The number of pyridine rings is 1. The molecule has 1 aromatic heterocycles. The normalized spacial score (nSPS) is 13.5. The second kappa shape index (κ2) is 12.4. The fourth-order valence-electron chi connectivity index (χ4n) is 4.30. The van der Waals surface area contributed by atoms with Crippen molar-refractivity contribution in [3.63, 3.8) is 0 Å². The first-order valence-electron chi connectivity index (χ1n) is 12.4.